The fourth-order valence-electron chi connectivity index (χ4n) is 2.18. The number of carbonyl (C=O) groups excluding carboxylic acids is 1. The summed E-state index contributed by atoms with van der Waals surface area (Å²) in [5.41, 5.74) is 0. The third kappa shape index (κ3) is 13.9. The maximum atomic E-state index is 11.3. The van der Waals surface area contributed by atoms with E-state index in [2.05, 4.69) is 13.8 Å². The lowest BCUT2D eigenvalue weighted by Crippen LogP contribution is -2.16. The molecule has 0 saturated carbocycles. The van der Waals surface area contributed by atoms with Gasteiger partial charge < -0.3 is 9.84 Å². The van der Waals surface area contributed by atoms with E-state index in [9.17, 15) is 4.79 Å². The van der Waals surface area contributed by atoms with Gasteiger partial charge in [-0.2, -0.15) is 0 Å². The largest absolute Gasteiger partial charge is 0.436 e. The first-order chi connectivity index (χ1) is 9.56. The molecule has 0 rings (SSSR count). The van der Waals surface area contributed by atoms with Gasteiger partial charge in [-0.05, 0) is 12.3 Å². The van der Waals surface area contributed by atoms with Crippen LogP contribution < -0.4 is 0 Å². The highest BCUT2D eigenvalue weighted by atomic mass is 16.6. The molecule has 20 heavy (non-hydrogen) atoms. The second-order valence-electron chi connectivity index (χ2n) is 6.11. The van der Waals surface area contributed by atoms with E-state index < -0.39 is 6.29 Å². The van der Waals surface area contributed by atoms with Gasteiger partial charge in [-0.3, -0.25) is 4.79 Å². The second kappa shape index (κ2) is 13.4. The van der Waals surface area contributed by atoms with Crippen LogP contribution >= 0.6 is 0 Å². The molecule has 0 radical (unpaired) electrons. The highest BCUT2D eigenvalue weighted by molar-refractivity contribution is 5.69. The number of carbonyl (C=O) groups is 1. The fourth-order valence-corrected chi connectivity index (χ4v) is 2.18. The number of hydrogen-bond acceptors (Lipinski definition) is 3. The first-order valence-corrected chi connectivity index (χ1v) is 8.43. The highest BCUT2D eigenvalue weighted by Crippen LogP contribution is 2.13. The molecule has 3 nitrogen and oxygen atoms in total. The first kappa shape index (κ1) is 19.4. The Bertz CT molecular complexity index is 226. The third-order valence-electron chi connectivity index (χ3n) is 3.53. The molecule has 0 amide bonds. The van der Waals surface area contributed by atoms with Gasteiger partial charge in [0.05, 0.1) is 0 Å². The van der Waals surface area contributed by atoms with Crippen molar-refractivity contribution in [3.63, 3.8) is 0 Å². The zero-order valence-electron chi connectivity index (χ0n) is 13.7. The van der Waals surface area contributed by atoms with E-state index in [1.807, 2.05) is 0 Å². The van der Waals surface area contributed by atoms with E-state index in [4.69, 9.17) is 9.84 Å². The summed E-state index contributed by atoms with van der Waals surface area (Å²) in [4.78, 5) is 11.3. The maximum absolute atomic E-state index is 11.3. The van der Waals surface area contributed by atoms with Crippen molar-refractivity contribution in [1.29, 1.82) is 0 Å². The molecule has 0 aliphatic heterocycles. The zero-order valence-corrected chi connectivity index (χ0v) is 13.7. The monoisotopic (exact) mass is 286 g/mol. The summed E-state index contributed by atoms with van der Waals surface area (Å²) < 4.78 is 4.81. The molecular formula is C17H34O3. The minimum absolute atomic E-state index is 0.270. The summed E-state index contributed by atoms with van der Waals surface area (Å²) in [5.74, 6) is 0.564. The molecule has 0 aromatic rings. The number of aliphatic hydroxyl groups excluding tert-OH is 1. The molecule has 0 fully saturated rings. The molecule has 0 heterocycles. The van der Waals surface area contributed by atoms with Crippen LogP contribution in [0.1, 0.15) is 91.4 Å². The van der Waals surface area contributed by atoms with Gasteiger partial charge in [0.2, 0.25) is 0 Å². The molecule has 120 valence electrons. The SMILES string of the molecule is CCC(O)OC(=O)CCCCCCCCCCC(C)C. The highest BCUT2D eigenvalue weighted by Gasteiger charge is 2.07. The molecule has 0 aromatic heterocycles. The minimum Gasteiger partial charge on any atom is -0.436 e. The molecule has 0 aliphatic rings. The summed E-state index contributed by atoms with van der Waals surface area (Å²) >= 11 is 0. The van der Waals surface area contributed by atoms with Gasteiger partial charge in [-0.25, -0.2) is 0 Å². The van der Waals surface area contributed by atoms with Gasteiger partial charge in [0.1, 0.15) is 0 Å². The Labute approximate surface area is 125 Å². The quantitative estimate of drug-likeness (QED) is 0.300. The first-order valence-electron chi connectivity index (χ1n) is 8.43. The number of ether oxygens (including phenoxy) is 1. The Kier molecular flexibility index (Phi) is 13.0. The van der Waals surface area contributed by atoms with Crippen molar-refractivity contribution in [2.45, 2.75) is 97.7 Å². The second-order valence-corrected chi connectivity index (χ2v) is 6.11. The summed E-state index contributed by atoms with van der Waals surface area (Å²) in [7, 11) is 0. The third-order valence-corrected chi connectivity index (χ3v) is 3.53. The average Bonchev–Trinajstić information content (AvgIpc) is 2.40. The maximum Gasteiger partial charge on any atom is 0.308 e. The van der Waals surface area contributed by atoms with Crippen LogP contribution in [0.5, 0.6) is 0 Å². The van der Waals surface area contributed by atoms with Crippen LogP contribution in [0.3, 0.4) is 0 Å². The number of hydrogen-bond donors (Lipinski definition) is 1. The van der Waals surface area contributed by atoms with Gasteiger partial charge in [0, 0.05) is 12.8 Å². The molecule has 1 N–H and O–H groups in total. The summed E-state index contributed by atoms with van der Waals surface area (Å²) in [6.45, 7) is 6.36. The van der Waals surface area contributed by atoms with Crippen molar-refractivity contribution >= 4 is 5.97 Å². The van der Waals surface area contributed by atoms with Crippen molar-refractivity contribution in [1.82, 2.24) is 0 Å². The average molecular weight is 286 g/mol. The summed E-state index contributed by atoms with van der Waals surface area (Å²) in [5, 5.41) is 9.16. The van der Waals surface area contributed by atoms with Gasteiger partial charge in [0.25, 0.3) is 0 Å². The molecule has 0 saturated heterocycles. The number of unbranched alkanes of at least 4 members (excludes halogenated alkanes) is 7. The Balaban J connectivity index is 3.18. The molecule has 3 heteroatoms. The van der Waals surface area contributed by atoms with E-state index in [0.717, 1.165) is 18.8 Å². The molecule has 1 unspecified atom stereocenters. The van der Waals surface area contributed by atoms with Gasteiger partial charge in [0.15, 0.2) is 6.29 Å². The lowest BCUT2D eigenvalue weighted by Gasteiger charge is -2.09. The molecule has 0 aromatic carbocycles. The summed E-state index contributed by atoms with van der Waals surface area (Å²) in [6.07, 6.45) is 11.2. The van der Waals surface area contributed by atoms with Crippen LogP contribution in [0.4, 0.5) is 0 Å². The van der Waals surface area contributed by atoms with Gasteiger partial charge in [-0.1, -0.05) is 72.1 Å². The van der Waals surface area contributed by atoms with E-state index in [-0.39, 0.29) is 5.97 Å². The number of rotatable bonds is 13. The Hall–Kier alpha value is -0.570. The summed E-state index contributed by atoms with van der Waals surface area (Å²) in [6, 6.07) is 0. The molecule has 1 atom stereocenters. The lowest BCUT2D eigenvalue weighted by atomic mass is 10.0. The topological polar surface area (TPSA) is 46.5 Å². The fraction of sp³-hybridized carbons (Fsp3) is 0.941. The van der Waals surface area contributed by atoms with Crippen LogP contribution in [0.25, 0.3) is 0 Å². The van der Waals surface area contributed by atoms with E-state index in [1.165, 1.54) is 44.9 Å². The van der Waals surface area contributed by atoms with Crippen LogP contribution in [0, 0.1) is 5.92 Å². The molecular weight excluding hydrogens is 252 g/mol. The smallest absolute Gasteiger partial charge is 0.308 e. The van der Waals surface area contributed by atoms with Crippen LogP contribution in [-0.4, -0.2) is 17.4 Å². The van der Waals surface area contributed by atoms with Crippen molar-refractivity contribution < 1.29 is 14.6 Å². The molecule has 0 aliphatic carbocycles. The van der Waals surface area contributed by atoms with E-state index >= 15 is 0 Å². The number of esters is 1. The van der Waals surface area contributed by atoms with Crippen LogP contribution in [0.15, 0.2) is 0 Å². The normalized spacial score (nSPS) is 12.7. The predicted octanol–water partition coefficient (Wildman–Crippen LogP) is 4.82. The van der Waals surface area contributed by atoms with Crippen molar-refractivity contribution in [3.8, 4) is 0 Å². The van der Waals surface area contributed by atoms with Gasteiger partial charge >= 0.3 is 5.97 Å². The van der Waals surface area contributed by atoms with Crippen LogP contribution in [-0.2, 0) is 9.53 Å². The van der Waals surface area contributed by atoms with Crippen molar-refractivity contribution in [2.24, 2.45) is 5.92 Å². The standard InChI is InChI=1S/C17H34O3/c1-4-16(18)20-17(19)14-12-10-8-6-5-7-9-11-13-15(2)3/h15-16,18H,4-14H2,1-3H3. The van der Waals surface area contributed by atoms with Gasteiger partial charge in [-0.15, -0.1) is 0 Å². The lowest BCUT2D eigenvalue weighted by molar-refractivity contribution is -0.168. The zero-order chi connectivity index (χ0) is 15.2. The Morgan fingerprint density at radius 1 is 0.950 bits per heavy atom. The van der Waals surface area contributed by atoms with Crippen LogP contribution in [0.2, 0.25) is 0 Å². The minimum atomic E-state index is -0.923. The Morgan fingerprint density at radius 3 is 1.95 bits per heavy atom. The predicted molar refractivity (Wildman–Crippen MR) is 83.4 cm³/mol. The molecule has 0 bridgehead atoms. The van der Waals surface area contributed by atoms with E-state index in [0.29, 0.717) is 12.8 Å². The van der Waals surface area contributed by atoms with E-state index in [1.54, 1.807) is 6.92 Å². The molecule has 0 spiro atoms. The van der Waals surface area contributed by atoms with Crippen molar-refractivity contribution in [2.75, 3.05) is 0 Å². The number of aliphatic hydroxyl groups is 1. The Morgan fingerprint density at radius 2 is 1.45 bits per heavy atom. The van der Waals surface area contributed by atoms with Crippen molar-refractivity contribution in [3.05, 3.63) is 0 Å².